The number of alkyl halides is 2. The molecule has 2 nitrogen and oxygen atoms in total. The minimum atomic E-state index is -2.39. The zero-order valence-electron chi connectivity index (χ0n) is 10.5. The minimum absolute atomic E-state index is 0.0337. The van der Waals surface area contributed by atoms with Crippen LogP contribution >= 0.6 is 0 Å². The van der Waals surface area contributed by atoms with E-state index < -0.39 is 13.0 Å². The Balaban J connectivity index is 2.01. The van der Waals surface area contributed by atoms with Crippen molar-refractivity contribution < 1.29 is 13.5 Å². The van der Waals surface area contributed by atoms with E-state index >= 15 is 0 Å². The van der Waals surface area contributed by atoms with Crippen molar-refractivity contribution in [3.63, 3.8) is 0 Å². The van der Waals surface area contributed by atoms with Gasteiger partial charge in [0.15, 0.2) is 0 Å². The zero-order chi connectivity index (χ0) is 13.2. The van der Waals surface area contributed by atoms with E-state index in [4.69, 9.17) is 10.5 Å². The molecule has 1 aromatic carbocycles. The summed E-state index contributed by atoms with van der Waals surface area (Å²) in [4.78, 5) is 0. The quantitative estimate of drug-likeness (QED) is 0.690. The zero-order valence-corrected chi connectivity index (χ0v) is 10.5. The molecule has 0 aliphatic heterocycles. The van der Waals surface area contributed by atoms with Crippen LogP contribution in [0.3, 0.4) is 0 Å². The monoisotopic (exact) mass is 257 g/mol. The molecule has 0 saturated heterocycles. The van der Waals surface area contributed by atoms with Gasteiger partial charge in [0.25, 0.3) is 6.43 Å². The Labute approximate surface area is 107 Å². The van der Waals surface area contributed by atoms with E-state index in [1.165, 1.54) is 5.56 Å². The maximum atomic E-state index is 11.8. The second-order valence-electron chi connectivity index (χ2n) is 4.39. The van der Waals surface area contributed by atoms with Gasteiger partial charge in [-0.15, -0.1) is 0 Å². The van der Waals surface area contributed by atoms with Gasteiger partial charge in [0, 0.05) is 12.6 Å². The van der Waals surface area contributed by atoms with Gasteiger partial charge in [-0.3, -0.25) is 0 Å². The first kappa shape index (κ1) is 15.1. The lowest BCUT2D eigenvalue weighted by molar-refractivity contribution is 0.0151. The first-order valence-corrected chi connectivity index (χ1v) is 6.34. The predicted molar refractivity (Wildman–Crippen MR) is 68.8 cm³/mol. The molecule has 0 heterocycles. The van der Waals surface area contributed by atoms with Crippen LogP contribution in [-0.4, -0.2) is 25.7 Å². The molecule has 1 atom stereocenters. The predicted octanol–water partition coefficient (Wildman–Crippen LogP) is 3.01. The normalized spacial score (nSPS) is 12.9. The number of aryl methyl sites for hydroxylation is 1. The third kappa shape index (κ3) is 7.35. The highest BCUT2D eigenvalue weighted by Gasteiger charge is 2.05. The number of ether oxygens (including phenoxy) is 1. The summed E-state index contributed by atoms with van der Waals surface area (Å²) in [6.45, 7) is -0.173. The Morgan fingerprint density at radius 3 is 2.50 bits per heavy atom. The molecule has 0 aromatic heterocycles. The van der Waals surface area contributed by atoms with E-state index in [1.807, 2.05) is 18.2 Å². The molecule has 0 amide bonds. The van der Waals surface area contributed by atoms with Crippen LogP contribution in [0.5, 0.6) is 0 Å². The second-order valence-corrected chi connectivity index (χ2v) is 4.39. The van der Waals surface area contributed by atoms with Crippen LogP contribution in [-0.2, 0) is 11.2 Å². The van der Waals surface area contributed by atoms with Crippen molar-refractivity contribution in [2.45, 2.75) is 38.2 Å². The maximum Gasteiger partial charge on any atom is 0.261 e. The molecule has 2 N–H and O–H groups in total. The van der Waals surface area contributed by atoms with Crippen LogP contribution < -0.4 is 5.73 Å². The molecule has 1 rings (SSSR count). The maximum absolute atomic E-state index is 11.8. The van der Waals surface area contributed by atoms with Crippen molar-refractivity contribution in [2.75, 3.05) is 13.2 Å². The van der Waals surface area contributed by atoms with Gasteiger partial charge in [-0.1, -0.05) is 30.3 Å². The molecule has 1 unspecified atom stereocenters. The van der Waals surface area contributed by atoms with Crippen LogP contribution in [0.25, 0.3) is 0 Å². The van der Waals surface area contributed by atoms with Crippen LogP contribution in [0.4, 0.5) is 8.78 Å². The van der Waals surface area contributed by atoms with Crippen molar-refractivity contribution in [1.82, 2.24) is 0 Å². The molecule has 102 valence electrons. The fourth-order valence-electron chi connectivity index (χ4n) is 1.76. The minimum Gasteiger partial charge on any atom is -0.375 e. The number of nitrogens with two attached hydrogens (primary N) is 1. The largest absolute Gasteiger partial charge is 0.375 e. The SMILES string of the molecule is NC(CCCc1ccccc1)CCOCC(F)F. The van der Waals surface area contributed by atoms with E-state index in [-0.39, 0.29) is 6.04 Å². The van der Waals surface area contributed by atoms with Crippen LogP contribution in [0.15, 0.2) is 30.3 Å². The third-order valence-electron chi connectivity index (χ3n) is 2.76. The van der Waals surface area contributed by atoms with Crippen LogP contribution in [0, 0.1) is 0 Å². The van der Waals surface area contributed by atoms with E-state index in [1.54, 1.807) is 0 Å². The standard InChI is InChI=1S/C14H21F2NO/c15-14(16)11-18-10-9-13(17)8-4-7-12-5-2-1-3-6-12/h1-3,5-6,13-14H,4,7-11,17H2. The molecular weight excluding hydrogens is 236 g/mol. The van der Waals surface area contributed by atoms with E-state index in [2.05, 4.69) is 12.1 Å². The Morgan fingerprint density at radius 2 is 1.83 bits per heavy atom. The van der Waals surface area contributed by atoms with Gasteiger partial charge in [-0.25, -0.2) is 8.78 Å². The lowest BCUT2D eigenvalue weighted by Gasteiger charge is -2.11. The molecule has 0 bridgehead atoms. The molecule has 4 heteroatoms. The summed E-state index contributed by atoms with van der Waals surface area (Å²) in [5, 5.41) is 0. The number of halogens is 2. The Hall–Kier alpha value is -1.00. The van der Waals surface area contributed by atoms with E-state index in [0.717, 1.165) is 19.3 Å². The first-order valence-electron chi connectivity index (χ1n) is 6.34. The molecule has 0 aliphatic rings. The van der Waals surface area contributed by atoms with Gasteiger partial charge in [0.2, 0.25) is 0 Å². The fourth-order valence-corrected chi connectivity index (χ4v) is 1.76. The lowest BCUT2D eigenvalue weighted by atomic mass is 10.0. The number of hydrogen-bond donors (Lipinski definition) is 1. The summed E-state index contributed by atoms with van der Waals surface area (Å²) >= 11 is 0. The van der Waals surface area contributed by atoms with Gasteiger partial charge in [0.05, 0.1) is 0 Å². The number of benzene rings is 1. The van der Waals surface area contributed by atoms with Crippen molar-refractivity contribution >= 4 is 0 Å². The van der Waals surface area contributed by atoms with Crippen LogP contribution in [0.2, 0.25) is 0 Å². The molecular formula is C14H21F2NO. The first-order chi connectivity index (χ1) is 8.68. The van der Waals surface area contributed by atoms with E-state index in [9.17, 15) is 8.78 Å². The van der Waals surface area contributed by atoms with Crippen molar-refractivity contribution in [2.24, 2.45) is 5.73 Å². The fraction of sp³-hybridized carbons (Fsp3) is 0.571. The average Bonchev–Trinajstić information content (AvgIpc) is 2.36. The smallest absolute Gasteiger partial charge is 0.261 e. The lowest BCUT2D eigenvalue weighted by Crippen LogP contribution is -2.22. The molecule has 1 aromatic rings. The molecule has 0 spiro atoms. The van der Waals surface area contributed by atoms with Gasteiger partial charge < -0.3 is 10.5 Å². The average molecular weight is 257 g/mol. The van der Waals surface area contributed by atoms with Crippen molar-refractivity contribution in [3.05, 3.63) is 35.9 Å². The Kier molecular flexibility index (Phi) is 7.53. The molecule has 18 heavy (non-hydrogen) atoms. The van der Waals surface area contributed by atoms with Gasteiger partial charge >= 0.3 is 0 Å². The summed E-state index contributed by atoms with van der Waals surface area (Å²) in [6, 6.07) is 10.3. The molecule has 0 saturated carbocycles. The summed E-state index contributed by atoms with van der Waals surface area (Å²) in [5.74, 6) is 0. The van der Waals surface area contributed by atoms with Crippen molar-refractivity contribution in [3.8, 4) is 0 Å². The summed E-state index contributed by atoms with van der Waals surface area (Å²) in [5.41, 5.74) is 7.19. The Bertz CT molecular complexity index is 306. The summed E-state index contributed by atoms with van der Waals surface area (Å²) in [6.07, 6.45) is 1.17. The van der Waals surface area contributed by atoms with E-state index in [0.29, 0.717) is 13.0 Å². The third-order valence-corrected chi connectivity index (χ3v) is 2.76. The highest BCUT2D eigenvalue weighted by Crippen LogP contribution is 2.07. The van der Waals surface area contributed by atoms with Gasteiger partial charge in [-0.2, -0.15) is 0 Å². The van der Waals surface area contributed by atoms with Gasteiger partial charge in [0.1, 0.15) is 6.61 Å². The van der Waals surface area contributed by atoms with Gasteiger partial charge in [-0.05, 0) is 31.2 Å². The highest BCUT2D eigenvalue weighted by atomic mass is 19.3. The highest BCUT2D eigenvalue weighted by molar-refractivity contribution is 5.14. The van der Waals surface area contributed by atoms with Crippen LogP contribution in [0.1, 0.15) is 24.8 Å². The molecule has 0 radical (unpaired) electrons. The summed E-state index contributed by atoms with van der Waals surface area (Å²) in [7, 11) is 0. The molecule has 0 aliphatic carbocycles. The number of rotatable bonds is 9. The Morgan fingerprint density at radius 1 is 1.11 bits per heavy atom. The topological polar surface area (TPSA) is 35.2 Å². The molecule has 0 fully saturated rings. The van der Waals surface area contributed by atoms with Crippen molar-refractivity contribution in [1.29, 1.82) is 0 Å². The second kappa shape index (κ2) is 9.00. The number of hydrogen-bond acceptors (Lipinski definition) is 2. The summed E-state index contributed by atoms with van der Waals surface area (Å²) < 4.78 is 28.4.